The molecule has 0 radical (unpaired) electrons. The molecule has 1 heterocycles. The molecule has 0 aliphatic carbocycles. The Labute approximate surface area is 93.5 Å². The molecule has 2 rings (SSSR count). The molecule has 1 aromatic rings. The van der Waals surface area contributed by atoms with Crippen LogP contribution in [0.15, 0.2) is 30.3 Å². The third-order valence-corrected chi connectivity index (χ3v) is 2.87. The smallest absolute Gasteiger partial charge is 0.321 e. The first kappa shape index (κ1) is 11.1. The fraction of sp³-hybridized carbons (Fsp3) is 0.417. The first-order valence-corrected chi connectivity index (χ1v) is 5.31. The first-order valence-electron chi connectivity index (χ1n) is 5.31. The van der Waals surface area contributed by atoms with E-state index in [2.05, 4.69) is 0 Å². The minimum absolute atomic E-state index is 0.0994. The second-order valence-corrected chi connectivity index (χ2v) is 4.10. The molecule has 0 amide bonds. The summed E-state index contributed by atoms with van der Waals surface area (Å²) in [4.78, 5) is 12.6. The van der Waals surface area contributed by atoms with Gasteiger partial charge in [0.2, 0.25) is 0 Å². The van der Waals surface area contributed by atoms with E-state index in [1.54, 1.807) is 4.90 Å². The molecular formula is C12H14FNO2. The van der Waals surface area contributed by atoms with Crippen molar-refractivity contribution in [3.05, 3.63) is 35.9 Å². The number of rotatable bonds is 3. The van der Waals surface area contributed by atoms with Crippen molar-refractivity contribution < 1.29 is 14.3 Å². The Morgan fingerprint density at radius 3 is 2.75 bits per heavy atom. The lowest BCUT2D eigenvalue weighted by molar-refractivity contribution is -0.142. The second kappa shape index (κ2) is 4.61. The fourth-order valence-corrected chi connectivity index (χ4v) is 2.10. The molecule has 3 nitrogen and oxygen atoms in total. The summed E-state index contributed by atoms with van der Waals surface area (Å²) in [5.74, 6) is -0.934. The van der Waals surface area contributed by atoms with Crippen LogP contribution < -0.4 is 0 Å². The highest BCUT2D eigenvalue weighted by atomic mass is 19.1. The van der Waals surface area contributed by atoms with Gasteiger partial charge >= 0.3 is 5.97 Å². The number of halogens is 1. The topological polar surface area (TPSA) is 40.5 Å². The molecule has 2 unspecified atom stereocenters. The number of benzene rings is 1. The maximum absolute atomic E-state index is 13.2. The highest BCUT2D eigenvalue weighted by molar-refractivity contribution is 5.74. The van der Waals surface area contributed by atoms with Crippen LogP contribution in [0.5, 0.6) is 0 Å². The van der Waals surface area contributed by atoms with E-state index >= 15 is 0 Å². The van der Waals surface area contributed by atoms with E-state index in [1.165, 1.54) is 0 Å². The molecule has 1 aliphatic rings. The molecule has 0 spiro atoms. The highest BCUT2D eigenvalue weighted by Crippen LogP contribution is 2.22. The lowest BCUT2D eigenvalue weighted by Crippen LogP contribution is -2.35. The number of carboxylic acid groups (broad SMARTS) is 1. The lowest BCUT2D eigenvalue weighted by Gasteiger charge is -2.20. The number of nitrogens with zero attached hydrogens (tertiary/aromatic N) is 1. The summed E-state index contributed by atoms with van der Waals surface area (Å²) >= 11 is 0. The van der Waals surface area contributed by atoms with Crippen molar-refractivity contribution in [2.75, 3.05) is 6.54 Å². The Bertz CT molecular complexity index is 369. The number of aliphatic carboxylic acids is 1. The van der Waals surface area contributed by atoms with Crippen LogP contribution in [0.4, 0.5) is 4.39 Å². The number of likely N-dealkylation sites (tertiary alicyclic amines) is 1. The average Bonchev–Trinajstić information content (AvgIpc) is 2.61. The zero-order chi connectivity index (χ0) is 11.5. The van der Waals surface area contributed by atoms with Crippen molar-refractivity contribution in [2.45, 2.75) is 25.2 Å². The minimum Gasteiger partial charge on any atom is -0.480 e. The fourth-order valence-electron chi connectivity index (χ4n) is 2.10. The molecule has 2 atom stereocenters. The van der Waals surface area contributed by atoms with Gasteiger partial charge in [-0.1, -0.05) is 30.3 Å². The predicted molar refractivity (Wildman–Crippen MR) is 57.8 cm³/mol. The average molecular weight is 223 g/mol. The van der Waals surface area contributed by atoms with Crippen LogP contribution in [-0.2, 0) is 11.3 Å². The zero-order valence-electron chi connectivity index (χ0n) is 8.84. The molecule has 0 saturated carbocycles. The summed E-state index contributed by atoms with van der Waals surface area (Å²) in [7, 11) is 0. The number of carboxylic acids is 1. The van der Waals surface area contributed by atoms with Gasteiger partial charge in [-0.05, 0) is 5.56 Å². The van der Waals surface area contributed by atoms with Crippen LogP contribution >= 0.6 is 0 Å². The maximum Gasteiger partial charge on any atom is 0.321 e. The van der Waals surface area contributed by atoms with E-state index in [-0.39, 0.29) is 13.0 Å². The van der Waals surface area contributed by atoms with E-state index in [9.17, 15) is 9.18 Å². The molecule has 1 aliphatic heterocycles. The standard InChI is InChI=1S/C12H14FNO2/c13-10-6-11(12(15)16)14(8-10)7-9-4-2-1-3-5-9/h1-5,10-11H,6-8H2,(H,15,16). The van der Waals surface area contributed by atoms with Gasteiger partial charge < -0.3 is 5.11 Å². The Kier molecular flexibility index (Phi) is 3.19. The van der Waals surface area contributed by atoms with E-state index in [4.69, 9.17) is 5.11 Å². The lowest BCUT2D eigenvalue weighted by atomic mass is 10.2. The van der Waals surface area contributed by atoms with Gasteiger partial charge in [-0.3, -0.25) is 9.69 Å². The Morgan fingerprint density at radius 2 is 2.12 bits per heavy atom. The van der Waals surface area contributed by atoms with Gasteiger partial charge in [-0.2, -0.15) is 0 Å². The van der Waals surface area contributed by atoms with Gasteiger partial charge in [0.15, 0.2) is 0 Å². The van der Waals surface area contributed by atoms with Crippen LogP contribution in [0.3, 0.4) is 0 Å². The van der Waals surface area contributed by atoms with Crippen LogP contribution in [0.2, 0.25) is 0 Å². The van der Waals surface area contributed by atoms with Crippen LogP contribution in [0, 0.1) is 0 Å². The zero-order valence-corrected chi connectivity index (χ0v) is 8.84. The summed E-state index contributed by atoms with van der Waals surface area (Å²) in [6.45, 7) is 0.712. The third kappa shape index (κ3) is 2.39. The van der Waals surface area contributed by atoms with Gasteiger partial charge in [0.25, 0.3) is 0 Å². The molecule has 1 saturated heterocycles. The quantitative estimate of drug-likeness (QED) is 0.847. The summed E-state index contributed by atoms with van der Waals surface area (Å²) in [6, 6.07) is 8.85. The predicted octanol–water partition coefficient (Wildman–Crippen LogP) is 1.68. The van der Waals surface area contributed by atoms with E-state index in [1.807, 2.05) is 30.3 Å². The van der Waals surface area contributed by atoms with Crippen molar-refractivity contribution in [3.8, 4) is 0 Å². The van der Waals surface area contributed by atoms with Gasteiger partial charge in [-0.15, -0.1) is 0 Å². The summed E-state index contributed by atoms with van der Waals surface area (Å²) in [6.07, 6.45) is -0.924. The SMILES string of the molecule is O=C(O)C1CC(F)CN1Cc1ccccc1. The number of hydrogen-bond donors (Lipinski definition) is 1. The van der Waals surface area contributed by atoms with Crippen molar-refractivity contribution in [1.29, 1.82) is 0 Å². The molecule has 16 heavy (non-hydrogen) atoms. The monoisotopic (exact) mass is 223 g/mol. The molecule has 0 bridgehead atoms. The highest BCUT2D eigenvalue weighted by Gasteiger charge is 2.36. The Hall–Kier alpha value is -1.42. The van der Waals surface area contributed by atoms with Crippen molar-refractivity contribution in [3.63, 3.8) is 0 Å². The molecule has 86 valence electrons. The third-order valence-electron chi connectivity index (χ3n) is 2.87. The molecule has 4 heteroatoms. The Morgan fingerprint density at radius 1 is 1.44 bits per heavy atom. The van der Waals surface area contributed by atoms with Gasteiger partial charge in [0.05, 0.1) is 0 Å². The van der Waals surface area contributed by atoms with Crippen LogP contribution in [0.25, 0.3) is 0 Å². The number of carbonyl (C=O) groups is 1. The number of alkyl halides is 1. The maximum atomic E-state index is 13.2. The summed E-state index contributed by atoms with van der Waals surface area (Å²) in [5.41, 5.74) is 1.02. The van der Waals surface area contributed by atoms with Gasteiger partial charge in [-0.25, -0.2) is 4.39 Å². The molecular weight excluding hydrogens is 209 g/mol. The van der Waals surface area contributed by atoms with Crippen molar-refractivity contribution >= 4 is 5.97 Å². The molecule has 1 N–H and O–H groups in total. The summed E-state index contributed by atoms with van der Waals surface area (Å²) in [5, 5.41) is 8.97. The largest absolute Gasteiger partial charge is 0.480 e. The van der Waals surface area contributed by atoms with Crippen molar-refractivity contribution in [2.24, 2.45) is 0 Å². The van der Waals surface area contributed by atoms with Gasteiger partial charge in [0.1, 0.15) is 12.2 Å². The molecule has 1 aromatic carbocycles. The van der Waals surface area contributed by atoms with E-state index < -0.39 is 18.2 Å². The van der Waals surface area contributed by atoms with E-state index in [0.29, 0.717) is 6.54 Å². The second-order valence-electron chi connectivity index (χ2n) is 4.10. The molecule has 0 aromatic heterocycles. The normalized spacial score (nSPS) is 25.8. The van der Waals surface area contributed by atoms with E-state index in [0.717, 1.165) is 5.56 Å². The Balaban J connectivity index is 2.06. The van der Waals surface area contributed by atoms with Crippen LogP contribution in [0.1, 0.15) is 12.0 Å². The first-order chi connectivity index (χ1) is 7.66. The summed E-state index contributed by atoms with van der Waals surface area (Å²) < 4.78 is 13.2. The van der Waals surface area contributed by atoms with Crippen molar-refractivity contribution in [1.82, 2.24) is 4.90 Å². The minimum atomic E-state index is -1.02. The molecule has 1 fully saturated rings. The number of hydrogen-bond acceptors (Lipinski definition) is 2. The van der Waals surface area contributed by atoms with Crippen LogP contribution in [-0.4, -0.2) is 34.7 Å². The van der Waals surface area contributed by atoms with Gasteiger partial charge in [0, 0.05) is 19.5 Å².